The molecule has 0 aliphatic heterocycles. The van der Waals surface area contributed by atoms with Crippen molar-refractivity contribution in [3.05, 3.63) is 152 Å². The normalized spacial score (nSPS) is 10.9. The zero-order valence-corrected chi connectivity index (χ0v) is 29.8. The van der Waals surface area contributed by atoms with E-state index < -0.39 is 23.3 Å². The first kappa shape index (κ1) is 38.3. The lowest BCUT2D eigenvalue weighted by molar-refractivity contribution is 0.0697. The van der Waals surface area contributed by atoms with E-state index in [-0.39, 0.29) is 48.5 Å². The molecule has 8 rings (SSSR count). The number of nitrogens with zero attached hydrogens (tertiary/aromatic N) is 11. The number of benzene rings is 2. The minimum absolute atomic E-state index is 0. The first-order valence-corrected chi connectivity index (χ1v) is 16.7. The lowest BCUT2D eigenvalue weighted by Gasteiger charge is -2.10. The highest BCUT2D eigenvalue weighted by Gasteiger charge is 2.18. The van der Waals surface area contributed by atoms with Crippen LogP contribution in [0.2, 0.25) is 0 Å². The molecule has 284 valence electrons. The summed E-state index contributed by atoms with van der Waals surface area (Å²) in [6.45, 7) is 3.32. The summed E-state index contributed by atoms with van der Waals surface area (Å²) in [5, 5.41) is 26.9. The van der Waals surface area contributed by atoms with Crippen LogP contribution in [0.25, 0.3) is 33.5 Å². The summed E-state index contributed by atoms with van der Waals surface area (Å²) in [6, 6.07) is 11.6. The van der Waals surface area contributed by atoms with Gasteiger partial charge in [0.2, 0.25) is 0 Å². The van der Waals surface area contributed by atoms with Crippen molar-refractivity contribution in [2.45, 2.75) is 34.4 Å². The summed E-state index contributed by atoms with van der Waals surface area (Å²) in [7, 11) is 3.57. The second-order valence-corrected chi connectivity index (χ2v) is 12.9. The summed E-state index contributed by atoms with van der Waals surface area (Å²) in [4.78, 5) is 45.2. The van der Waals surface area contributed by atoms with Crippen LogP contribution in [0.4, 0.5) is 8.78 Å². The third-order valence-electron chi connectivity index (χ3n) is 8.82. The van der Waals surface area contributed by atoms with Crippen molar-refractivity contribution < 1.29 is 18.7 Å². The predicted octanol–water partition coefficient (Wildman–Crippen LogP) is 4.99. The molecule has 0 amide bonds. The van der Waals surface area contributed by atoms with Crippen LogP contribution in [0.5, 0.6) is 0 Å². The Morgan fingerprint density at radius 2 is 1.18 bits per heavy atom. The van der Waals surface area contributed by atoms with Gasteiger partial charge in [-0.1, -0.05) is 31.7 Å². The Hall–Kier alpha value is -7.48. The Labute approximate surface area is 317 Å². The van der Waals surface area contributed by atoms with E-state index in [9.17, 15) is 33.5 Å². The van der Waals surface area contributed by atoms with Crippen molar-refractivity contribution >= 4 is 17.3 Å². The summed E-state index contributed by atoms with van der Waals surface area (Å²) < 4.78 is 37.5. The summed E-state index contributed by atoms with van der Waals surface area (Å²) in [5.41, 5.74) is 4.36. The maximum Gasteiger partial charge on any atom is 0.341 e. The highest BCUT2D eigenvalue weighted by atomic mass is 19.1. The molecule has 0 atom stereocenters. The topological polar surface area (TPSA) is 175 Å². The maximum absolute atomic E-state index is 14.7. The molecule has 0 saturated heterocycles. The zero-order chi connectivity index (χ0) is 39.1. The smallest absolute Gasteiger partial charge is 0.341 e. The summed E-state index contributed by atoms with van der Waals surface area (Å²) in [5.74, 6) is -2.13. The van der Waals surface area contributed by atoms with Crippen molar-refractivity contribution in [1.29, 1.82) is 5.26 Å². The molecule has 6 heterocycles. The molecular formula is C39H35F2N11O4. The van der Waals surface area contributed by atoms with Crippen molar-refractivity contribution in [3.8, 4) is 28.3 Å². The van der Waals surface area contributed by atoms with E-state index in [2.05, 4.69) is 20.2 Å². The van der Waals surface area contributed by atoms with Crippen LogP contribution < -0.4 is 11.4 Å². The van der Waals surface area contributed by atoms with E-state index >= 15 is 0 Å². The SMILES string of the molecule is C.Cc1cn2c(=O)n(Cc3ccc(-c4cnn(C)c4)cc3F)cc(C#N)c2n1.Cc1cn2c(=O)n(Cc3ccc(-c4cnn(C)c4)cc3F)cc(C(=O)O)c2n1. The van der Waals surface area contributed by atoms with Gasteiger partial charge in [0.25, 0.3) is 0 Å². The molecule has 2 aromatic carbocycles. The number of imidazole rings is 2. The third-order valence-corrected chi connectivity index (χ3v) is 8.82. The van der Waals surface area contributed by atoms with E-state index in [1.54, 1.807) is 92.6 Å². The first-order valence-electron chi connectivity index (χ1n) is 16.7. The van der Waals surface area contributed by atoms with Gasteiger partial charge in [-0.2, -0.15) is 15.5 Å². The molecule has 8 aromatic rings. The second-order valence-electron chi connectivity index (χ2n) is 12.9. The van der Waals surface area contributed by atoms with Crippen molar-refractivity contribution in [3.63, 3.8) is 0 Å². The van der Waals surface area contributed by atoms with E-state index in [0.29, 0.717) is 33.7 Å². The number of aromatic nitrogens is 10. The molecule has 56 heavy (non-hydrogen) atoms. The van der Waals surface area contributed by atoms with E-state index in [1.165, 1.54) is 48.7 Å². The number of aromatic carboxylic acids is 1. The van der Waals surface area contributed by atoms with Gasteiger partial charge in [0.1, 0.15) is 28.8 Å². The quantitative estimate of drug-likeness (QED) is 0.235. The van der Waals surface area contributed by atoms with Crippen LogP contribution in [-0.2, 0) is 27.2 Å². The molecule has 6 aromatic heterocycles. The number of carbonyl (C=O) groups is 1. The van der Waals surface area contributed by atoms with Crippen LogP contribution >= 0.6 is 0 Å². The summed E-state index contributed by atoms with van der Waals surface area (Å²) >= 11 is 0. The highest BCUT2D eigenvalue weighted by molar-refractivity contribution is 5.94. The number of rotatable bonds is 7. The molecule has 0 radical (unpaired) electrons. The van der Waals surface area contributed by atoms with E-state index in [1.807, 2.05) is 6.07 Å². The van der Waals surface area contributed by atoms with Crippen LogP contribution in [0.1, 0.15) is 45.9 Å². The fourth-order valence-electron chi connectivity index (χ4n) is 6.16. The van der Waals surface area contributed by atoms with Crippen LogP contribution in [0, 0.1) is 36.8 Å². The van der Waals surface area contributed by atoms with Crippen LogP contribution in [-0.4, -0.2) is 58.5 Å². The maximum atomic E-state index is 14.7. The Balaban J connectivity index is 0.000000187. The van der Waals surface area contributed by atoms with Crippen molar-refractivity contribution in [2.75, 3.05) is 0 Å². The van der Waals surface area contributed by atoms with Crippen molar-refractivity contribution in [1.82, 2.24) is 47.5 Å². The number of halogens is 2. The number of carboxylic acid groups (broad SMARTS) is 1. The number of fused-ring (bicyclic) bond motifs is 2. The first-order chi connectivity index (χ1) is 26.3. The number of aryl methyl sites for hydroxylation is 4. The monoisotopic (exact) mass is 759 g/mol. The van der Waals surface area contributed by atoms with Gasteiger partial charge in [0.15, 0.2) is 11.3 Å². The fraction of sp³-hybridized carbons (Fsp3) is 0.179. The molecule has 15 nitrogen and oxygen atoms in total. The number of carboxylic acids is 1. The van der Waals surface area contributed by atoms with E-state index in [0.717, 1.165) is 11.1 Å². The third kappa shape index (κ3) is 7.35. The Kier molecular flexibility index (Phi) is 10.3. The highest BCUT2D eigenvalue weighted by Crippen LogP contribution is 2.23. The van der Waals surface area contributed by atoms with Gasteiger partial charge in [0, 0.05) is 73.5 Å². The lowest BCUT2D eigenvalue weighted by Crippen LogP contribution is -2.28. The Bertz CT molecular complexity index is 2960. The number of hydrogen-bond donors (Lipinski definition) is 1. The molecule has 0 aliphatic carbocycles. The minimum atomic E-state index is -1.21. The molecule has 0 aliphatic rings. The van der Waals surface area contributed by atoms with Crippen molar-refractivity contribution in [2.24, 2.45) is 14.1 Å². The van der Waals surface area contributed by atoms with Gasteiger partial charge >= 0.3 is 17.3 Å². The number of nitriles is 1. The van der Waals surface area contributed by atoms with Gasteiger partial charge in [-0.25, -0.2) is 37.5 Å². The number of hydrogen-bond acceptors (Lipinski definition) is 8. The molecule has 0 fully saturated rings. The largest absolute Gasteiger partial charge is 0.478 e. The standard InChI is InChI=1S/C19H15FN6O.C19H16FN5O3.CH4/c1-12-8-26-18(23-12)15(6-21)11-25(19(26)27)10-14-4-3-13(5-17(14)20)16-7-22-24(2)9-16;1-11-7-25-17(22-11)15(18(26)27)10-24(19(25)28)9-13-4-3-12(5-16(13)20)14-6-21-23(2)8-14;/h3-5,7-9,11H,10H2,1-2H3;3-8,10H,9H2,1-2H3,(H,26,27);1H4. The lowest BCUT2D eigenvalue weighted by atomic mass is 10.1. The average molecular weight is 760 g/mol. The van der Waals surface area contributed by atoms with Gasteiger partial charge in [-0.05, 0) is 37.1 Å². The molecule has 0 spiro atoms. The fourth-order valence-corrected chi connectivity index (χ4v) is 6.16. The molecular weight excluding hydrogens is 724 g/mol. The summed E-state index contributed by atoms with van der Waals surface area (Å²) in [6.07, 6.45) is 12.5. The molecule has 1 N–H and O–H groups in total. The zero-order valence-electron chi connectivity index (χ0n) is 29.8. The molecule has 0 bridgehead atoms. The van der Waals surface area contributed by atoms with Gasteiger partial charge in [-0.15, -0.1) is 0 Å². The van der Waals surface area contributed by atoms with Gasteiger partial charge in [-0.3, -0.25) is 22.9 Å². The minimum Gasteiger partial charge on any atom is -0.478 e. The molecule has 17 heteroatoms. The molecule has 0 unspecified atom stereocenters. The predicted molar refractivity (Wildman–Crippen MR) is 202 cm³/mol. The van der Waals surface area contributed by atoms with Crippen LogP contribution in [0.15, 0.2) is 95.6 Å². The van der Waals surface area contributed by atoms with E-state index in [4.69, 9.17) is 0 Å². The van der Waals surface area contributed by atoms with Gasteiger partial charge in [0.05, 0.1) is 36.9 Å². The van der Waals surface area contributed by atoms with Gasteiger partial charge < -0.3 is 5.11 Å². The van der Waals surface area contributed by atoms with Crippen LogP contribution in [0.3, 0.4) is 0 Å². The Morgan fingerprint density at radius 1 is 0.714 bits per heavy atom. The second kappa shape index (κ2) is 15.1. The Morgan fingerprint density at radius 3 is 1.61 bits per heavy atom. The molecule has 0 saturated carbocycles. The average Bonchev–Trinajstić information content (AvgIpc) is 3.96.